The molecule has 0 bridgehead atoms. The Kier molecular flexibility index (Phi) is 4.61. The SMILES string of the molecule is CCCNc1cncc(Nc2cccc(OC)c2)c1. The minimum Gasteiger partial charge on any atom is -0.497 e. The van der Waals surface area contributed by atoms with Crippen LogP contribution in [-0.2, 0) is 0 Å². The molecule has 0 atom stereocenters. The lowest BCUT2D eigenvalue weighted by atomic mass is 10.3. The first-order valence-corrected chi connectivity index (χ1v) is 6.42. The van der Waals surface area contributed by atoms with Crippen molar-refractivity contribution in [1.82, 2.24) is 4.98 Å². The molecular formula is C15H19N3O. The van der Waals surface area contributed by atoms with Gasteiger partial charge in [-0.15, -0.1) is 0 Å². The first-order chi connectivity index (χ1) is 9.31. The van der Waals surface area contributed by atoms with Crippen molar-refractivity contribution in [2.75, 3.05) is 24.3 Å². The van der Waals surface area contributed by atoms with Gasteiger partial charge in [0, 0.05) is 18.3 Å². The second kappa shape index (κ2) is 6.64. The van der Waals surface area contributed by atoms with Gasteiger partial charge in [-0.25, -0.2) is 0 Å². The zero-order valence-electron chi connectivity index (χ0n) is 11.3. The maximum Gasteiger partial charge on any atom is 0.120 e. The number of nitrogens with one attached hydrogen (secondary N) is 2. The lowest BCUT2D eigenvalue weighted by Gasteiger charge is -2.10. The van der Waals surface area contributed by atoms with Gasteiger partial charge in [-0.3, -0.25) is 4.98 Å². The molecule has 1 aromatic carbocycles. The summed E-state index contributed by atoms with van der Waals surface area (Å²) in [6.07, 6.45) is 4.72. The minimum absolute atomic E-state index is 0.832. The number of ether oxygens (including phenoxy) is 1. The Morgan fingerprint density at radius 2 is 1.95 bits per heavy atom. The third kappa shape index (κ3) is 3.88. The van der Waals surface area contributed by atoms with Crippen LogP contribution in [0.5, 0.6) is 5.75 Å². The monoisotopic (exact) mass is 257 g/mol. The van der Waals surface area contributed by atoms with Crippen LogP contribution in [0.4, 0.5) is 17.1 Å². The first-order valence-electron chi connectivity index (χ1n) is 6.42. The van der Waals surface area contributed by atoms with Crippen LogP contribution < -0.4 is 15.4 Å². The Labute approximate surface area is 113 Å². The molecule has 0 saturated carbocycles. The molecule has 4 heteroatoms. The van der Waals surface area contributed by atoms with E-state index in [-0.39, 0.29) is 0 Å². The quantitative estimate of drug-likeness (QED) is 0.829. The Morgan fingerprint density at radius 3 is 2.74 bits per heavy atom. The van der Waals surface area contributed by atoms with Gasteiger partial charge < -0.3 is 15.4 Å². The molecule has 4 nitrogen and oxygen atoms in total. The van der Waals surface area contributed by atoms with Crippen molar-refractivity contribution >= 4 is 17.1 Å². The van der Waals surface area contributed by atoms with Crippen molar-refractivity contribution in [3.8, 4) is 5.75 Å². The summed E-state index contributed by atoms with van der Waals surface area (Å²) in [7, 11) is 1.66. The lowest BCUT2D eigenvalue weighted by molar-refractivity contribution is 0.415. The lowest BCUT2D eigenvalue weighted by Crippen LogP contribution is -2.01. The van der Waals surface area contributed by atoms with Gasteiger partial charge in [0.05, 0.1) is 30.9 Å². The standard InChI is InChI=1S/C15H19N3O/c1-3-7-17-13-8-14(11-16-10-13)18-12-5-4-6-15(9-12)19-2/h4-6,8-11,17-18H,3,7H2,1-2H3. The van der Waals surface area contributed by atoms with E-state index in [0.717, 1.165) is 35.8 Å². The molecule has 2 aromatic rings. The second-order valence-corrected chi connectivity index (χ2v) is 4.25. The van der Waals surface area contributed by atoms with Gasteiger partial charge in [0.2, 0.25) is 0 Å². The van der Waals surface area contributed by atoms with Crippen molar-refractivity contribution in [1.29, 1.82) is 0 Å². The molecule has 0 fully saturated rings. The fourth-order valence-electron chi connectivity index (χ4n) is 1.74. The maximum atomic E-state index is 5.20. The van der Waals surface area contributed by atoms with Crippen molar-refractivity contribution in [2.45, 2.75) is 13.3 Å². The fourth-order valence-corrected chi connectivity index (χ4v) is 1.74. The number of nitrogens with zero attached hydrogens (tertiary/aromatic N) is 1. The fraction of sp³-hybridized carbons (Fsp3) is 0.267. The summed E-state index contributed by atoms with van der Waals surface area (Å²) in [4.78, 5) is 4.22. The molecule has 1 heterocycles. The predicted molar refractivity (Wildman–Crippen MR) is 79.3 cm³/mol. The largest absolute Gasteiger partial charge is 0.497 e. The van der Waals surface area contributed by atoms with Crippen molar-refractivity contribution in [3.63, 3.8) is 0 Å². The Hall–Kier alpha value is -2.23. The van der Waals surface area contributed by atoms with Crippen LogP contribution in [0.25, 0.3) is 0 Å². The van der Waals surface area contributed by atoms with E-state index in [9.17, 15) is 0 Å². The van der Waals surface area contributed by atoms with Crippen LogP contribution in [0.3, 0.4) is 0 Å². The minimum atomic E-state index is 0.832. The highest BCUT2D eigenvalue weighted by atomic mass is 16.5. The van der Waals surface area contributed by atoms with Crippen LogP contribution in [-0.4, -0.2) is 18.6 Å². The van der Waals surface area contributed by atoms with Gasteiger partial charge >= 0.3 is 0 Å². The maximum absolute atomic E-state index is 5.20. The van der Waals surface area contributed by atoms with E-state index in [4.69, 9.17) is 4.74 Å². The zero-order valence-corrected chi connectivity index (χ0v) is 11.3. The summed E-state index contributed by atoms with van der Waals surface area (Å²) in [5.41, 5.74) is 2.96. The zero-order chi connectivity index (χ0) is 13.5. The smallest absolute Gasteiger partial charge is 0.120 e. The van der Waals surface area contributed by atoms with Gasteiger partial charge in [-0.05, 0) is 24.6 Å². The number of aromatic nitrogens is 1. The van der Waals surface area contributed by atoms with Crippen LogP contribution in [0.15, 0.2) is 42.7 Å². The normalized spacial score (nSPS) is 10.0. The molecule has 0 aliphatic heterocycles. The molecule has 0 radical (unpaired) electrons. The van der Waals surface area contributed by atoms with E-state index in [1.165, 1.54) is 0 Å². The molecule has 0 unspecified atom stereocenters. The molecule has 0 aliphatic carbocycles. The molecule has 0 amide bonds. The molecule has 1 aromatic heterocycles. The molecule has 0 aliphatic rings. The average molecular weight is 257 g/mol. The number of hydrogen-bond donors (Lipinski definition) is 2. The van der Waals surface area contributed by atoms with Gasteiger partial charge in [0.1, 0.15) is 5.75 Å². The Balaban J connectivity index is 2.09. The van der Waals surface area contributed by atoms with E-state index in [1.54, 1.807) is 13.3 Å². The molecule has 0 saturated heterocycles. The molecule has 19 heavy (non-hydrogen) atoms. The van der Waals surface area contributed by atoms with E-state index in [2.05, 4.69) is 22.5 Å². The van der Waals surface area contributed by atoms with Gasteiger partial charge in [-0.2, -0.15) is 0 Å². The third-order valence-corrected chi connectivity index (χ3v) is 2.68. The molecule has 0 spiro atoms. The summed E-state index contributed by atoms with van der Waals surface area (Å²) in [6, 6.07) is 9.86. The molecule has 100 valence electrons. The Morgan fingerprint density at radius 1 is 1.11 bits per heavy atom. The second-order valence-electron chi connectivity index (χ2n) is 4.25. The van der Waals surface area contributed by atoms with Gasteiger partial charge in [0.15, 0.2) is 0 Å². The summed E-state index contributed by atoms with van der Waals surface area (Å²) in [5.74, 6) is 0.832. The number of anilines is 3. The highest BCUT2D eigenvalue weighted by Gasteiger charge is 1.99. The van der Waals surface area contributed by atoms with Crippen LogP contribution in [0.1, 0.15) is 13.3 Å². The first kappa shape index (κ1) is 13.2. The molecule has 2 N–H and O–H groups in total. The topological polar surface area (TPSA) is 46.2 Å². The number of pyridine rings is 1. The number of benzene rings is 1. The van der Waals surface area contributed by atoms with Crippen molar-refractivity contribution in [3.05, 3.63) is 42.7 Å². The summed E-state index contributed by atoms with van der Waals surface area (Å²) in [5, 5.41) is 6.63. The highest BCUT2D eigenvalue weighted by Crippen LogP contribution is 2.22. The summed E-state index contributed by atoms with van der Waals surface area (Å²) in [6.45, 7) is 3.09. The number of hydrogen-bond acceptors (Lipinski definition) is 4. The van der Waals surface area contributed by atoms with Crippen LogP contribution in [0.2, 0.25) is 0 Å². The molecule has 2 rings (SSSR count). The number of methoxy groups -OCH3 is 1. The van der Waals surface area contributed by atoms with E-state index < -0.39 is 0 Å². The van der Waals surface area contributed by atoms with Crippen LogP contribution in [0, 0.1) is 0 Å². The van der Waals surface area contributed by atoms with E-state index >= 15 is 0 Å². The predicted octanol–water partition coefficient (Wildman–Crippen LogP) is 3.66. The number of rotatable bonds is 6. The van der Waals surface area contributed by atoms with Crippen molar-refractivity contribution in [2.24, 2.45) is 0 Å². The van der Waals surface area contributed by atoms with E-state index in [1.807, 2.05) is 36.5 Å². The summed E-state index contributed by atoms with van der Waals surface area (Å²) < 4.78 is 5.20. The molecular weight excluding hydrogens is 238 g/mol. The van der Waals surface area contributed by atoms with Crippen LogP contribution >= 0.6 is 0 Å². The average Bonchev–Trinajstić information content (AvgIpc) is 2.46. The Bertz CT molecular complexity index is 528. The van der Waals surface area contributed by atoms with Crippen molar-refractivity contribution < 1.29 is 4.74 Å². The van der Waals surface area contributed by atoms with E-state index in [0.29, 0.717) is 0 Å². The van der Waals surface area contributed by atoms with Gasteiger partial charge in [-0.1, -0.05) is 13.0 Å². The highest BCUT2D eigenvalue weighted by molar-refractivity contribution is 5.64. The third-order valence-electron chi connectivity index (χ3n) is 2.68. The summed E-state index contributed by atoms with van der Waals surface area (Å²) >= 11 is 0. The van der Waals surface area contributed by atoms with Gasteiger partial charge in [0.25, 0.3) is 0 Å².